The van der Waals surface area contributed by atoms with Gasteiger partial charge >= 0.3 is 0 Å². The van der Waals surface area contributed by atoms with Gasteiger partial charge in [0, 0.05) is 0 Å². The number of hydrogen-bond donors (Lipinski definition) is 1. The first-order valence-corrected chi connectivity index (χ1v) is 21.5. The van der Waals surface area contributed by atoms with Crippen molar-refractivity contribution in [3.63, 3.8) is 0 Å². The molecule has 2 atom stereocenters. The molecule has 0 fully saturated rings. The molecule has 3 rings (SSSR count). The lowest BCUT2D eigenvalue weighted by Crippen LogP contribution is -2.55. The van der Waals surface area contributed by atoms with Crippen molar-refractivity contribution in [1.82, 2.24) is 4.72 Å². The van der Waals surface area contributed by atoms with Crippen molar-refractivity contribution in [3.05, 3.63) is 89.5 Å². The molecule has 0 radical (unpaired) electrons. The lowest BCUT2D eigenvalue weighted by atomic mass is 10.2. The Balaban J connectivity index is 2.05. The van der Waals surface area contributed by atoms with Crippen LogP contribution in [-0.2, 0) is 43.1 Å². The molecule has 248 valence electrons. The number of nitrogens with one attached hydrogen (secondary N) is 1. The van der Waals surface area contributed by atoms with Crippen LogP contribution in [0.4, 0.5) is 0 Å². The summed E-state index contributed by atoms with van der Waals surface area (Å²) in [7, 11) is -15.6. The SMILES string of the molecule is Cc1ccc(S(=O)(=O)N[C@H](COS(=O)(=O)c2ccc(C)cc2)[C@H](COS(=O)(=O)c2ccc(C)cc2)O[Si](C)(C)C(C)(C)C)cc1. The van der Waals surface area contributed by atoms with E-state index in [0.717, 1.165) is 16.7 Å². The second kappa shape index (κ2) is 14.1. The number of aryl methyl sites for hydroxylation is 3. The lowest BCUT2D eigenvalue weighted by Gasteiger charge is -2.41. The lowest BCUT2D eigenvalue weighted by molar-refractivity contribution is 0.0737. The highest BCUT2D eigenvalue weighted by Crippen LogP contribution is 2.38. The van der Waals surface area contributed by atoms with Crippen LogP contribution in [0.2, 0.25) is 18.1 Å². The van der Waals surface area contributed by atoms with Crippen LogP contribution in [0.15, 0.2) is 87.5 Å². The average molecular weight is 698 g/mol. The van der Waals surface area contributed by atoms with Crippen LogP contribution >= 0.6 is 0 Å². The Hall–Kier alpha value is -2.43. The normalized spacial score (nSPS) is 14.7. The number of rotatable bonds is 14. The van der Waals surface area contributed by atoms with Gasteiger partial charge in [0.05, 0.1) is 40.0 Å². The van der Waals surface area contributed by atoms with Gasteiger partial charge in [0.15, 0.2) is 8.32 Å². The van der Waals surface area contributed by atoms with E-state index in [-0.39, 0.29) is 19.7 Å². The molecule has 0 aromatic heterocycles. The van der Waals surface area contributed by atoms with Gasteiger partial charge in [-0.1, -0.05) is 73.9 Å². The van der Waals surface area contributed by atoms with Crippen molar-refractivity contribution in [2.75, 3.05) is 13.2 Å². The second-order valence-electron chi connectivity index (χ2n) is 12.6. The van der Waals surface area contributed by atoms with Gasteiger partial charge in [0.1, 0.15) is 0 Å². The highest BCUT2D eigenvalue weighted by atomic mass is 32.2. The smallest absolute Gasteiger partial charge is 0.297 e. The third-order valence-corrected chi connectivity index (χ3v) is 16.4. The van der Waals surface area contributed by atoms with E-state index in [9.17, 15) is 25.3 Å². The molecule has 0 unspecified atom stereocenters. The highest BCUT2D eigenvalue weighted by Gasteiger charge is 2.42. The zero-order valence-corrected chi connectivity index (χ0v) is 30.3. The Morgan fingerprint density at radius 1 is 0.622 bits per heavy atom. The Bertz CT molecular complexity index is 1770. The zero-order valence-electron chi connectivity index (χ0n) is 26.9. The summed E-state index contributed by atoms with van der Waals surface area (Å²) in [5, 5.41) is -0.379. The van der Waals surface area contributed by atoms with Gasteiger partial charge in [-0.05, 0) is 75.3 Å². The predicted molar refractivity (Wildman–Crippen MR) is 176 cm³/mol. The Morgan fingerprint density at radius 2 is 0.978 bits per heavy atom. The van der Waals surface area contributed by atoms with Gasteiger partial charge in [0.2, 0.25) is 10.0 Å². The van der Waals surface area contributed by atoms with Crippen LogP contribution in [0.25, 0.3) is 0 Å². The summed E-state index contributed by atoms with van der Waals surface area (Å²) in [4.78, 5) is -0.277. The van der Waals surface area contributed by atoms with Crippen molar-refractivity contribution < 1.29 is 38.0 Å². The molecule has 0 aliphatic carbocycles. The molecule has 0 amide bonds. The fraction of sp³-hybridized carbons (Fsp3) is 0.419. The fourth-order valence-electron chi connectivity index (χ4n) is 3.85. The monoisotopic (exact) mass is 697 g/mol. The van der Waals surface area contributed by atoms with E-state index in [2.05, 4.69) is 4.72 Å². The van der Waals surface area contributed by atoms with Crippen molar-refractivity contribution in [2.24, 2.45) is 0 Å². The first-order valence-electron chi connectivity index (χ1n) is 14.3. The van der Waals surface area contributed by atoms with Crippen LogP contribution < -0.4 is 4.72 Å². The minimum Gasteiger partial charge on any atom is -0.410 e. The zero-order chi connectivity index (χ0) is 33.8. The predicted octanol–water partition coefficient (Wildman–Crippen LogP) is 5.46. The largest absolute Gasteiger partial charge is 0.410 e. The summed E-state index contributed by atoms with van der Waals surface area (Å²) in [5.41, 5.74) is 2.53. The summed E-state index contributed by atoms with van der Waals surface area (Å²) >= 11 is 0. The van der Waals surface area contributed by atoms with E-state index in [1.165, 1.54) is 36.4 Å². The molecule has 0 saturated carbocycles. The number of benzene rings is 3. The standard InChI is InChI=1S/C31H43NO9S3Si/c1-23-9-15-26(16-10-23)42(33,34)32-29(21-39-43(35,36)27-17-11-24(2)12-18-27)30(41-45(7,8)31(4,5)6)22-40-44(37,38)28-19-13-25(3)14-20-28/h9-20,29-30,32H,21-22H2,1-8H3/t29-,30+/m1/s1. The molecule has 0 heterocycles. The van der Waals surface area contributed by atoms with E-state index in [1.807, 2.05) is 47.7 Å². The summed E-state index contributed by atoms with van der Waals surface area (Å²) < 4.78 is 99.8. The van der Waals surface area contributed by atoms with Crippen LogP contribution in [-0.4, -0.2) is 58.9 Å². The van der Waals surface area contributed by atoms with E-state index < -0.39 is 63.9 Å². The van der Waals surface area contributed by atoms with Gasteiger partial charge in [-0.2, -0.15) is 16.8 Å². The molecule has 3 aromatic rings. The Labute approximate surface area is 269 Å². The van der Waals surface area contributed by atoms with E-state index in [0.29, 0.717) is 0 Å². The van der Waals surface area contributed by atoms with Crippen LogP contribution in [0.1, 0.15) is 37.5 Å². The molecule has 0 saturated heterocycles. The maximum atomic E-state index is 13.6. The molecule has 0 aliphatic rings. The highest BCUT2D eigenvalue weighted by molar-refractivity contribution is 7.89. The van der Waals surface area contributed by atoms with Crippen molar-refractivity contribution in [3.8, 4) is 0 Å². The van der Waals surface area contributed by atoms with E-state index >= 15 is 0 Å². The molecular weight excluding hydrogens is 655 g/mol. The van der Waals surface area contributed by atoms with Crippen LogP contribution in [0.5, 0.6) is 0 Å². The van der Waals surface area contributed by atoms with Crippen LogP contribution in [0, 0.1) is 20.8 Å². The number of hydrogen-bond acceptors (Lipinski definition) is 9. The Morgan fingerprint density at radius 3 is 1.36 bits per heavy atom. The quantitative estimate of drug-likeness (QED) is 0.172. The second-order valence-corrected chi connectivity index (χ2v) is 22.3. The molecule has 0 aliphatic heterocycles. The molecule has 10 nitrogen and oxygen atoms in total. The molecule has 3 aromatic carbocycles. The molecule has 0 spiro atoms. The molecule has 0 bridgehead atoms. The first kappa shape index (κ1) is 37.0. The summed E-state index contributed by atoms with van der Waals surface area (Å²) in [6, 6.07) is 16.8. The van der Waals surface area contributed by atoms with Gasteiger partial charge in [0.25, 0.3) is 20.2 Å². The average Bonchev–Trinajstić information content (AvgIpc) is 2.93. The third kappa shape index (κ3) is 10.0. The van der Waals surface area contributed by atoms with Crippen molar-refractivity contribution >= 4 is 38.6 Å². The maximum Gasteiger partial charge on any atom is 0.297 e. The topological polar surface area (TPSA) is 142 Å². The molecule has 1 N–H and O–H groups in total. The summed E-state index contributed by atoms with van der Waals surface area (Å²) in [5.74, 6) is 0. The molecular formula is C31H43NO9S3Si. The molecule has 14 heteroatoms. The van der Waals surface area contributed by atoms with E-state index in [4.69, 9.17) is 12.8 Å². The maximum absolute atomic E-state index is 13.6. The van der Waals surface area contributed by atoms with E-state index in [1.54, 1.807) is 43.3 Å². The van der Waals surface area contributed by atoms with Crippen LogP contribution in [0.3, 0.4) is 0 Å². The summed E-state index contributed by atoms with van der Waals surface area (Å²) in [6.07, 6.45) is -1.26. The van der Waals surface area contributed by atoms with Gasteiger partial charge in [-0.3, -0.25) is 8.37 Å². The van der Waals surface area contributed by atoms with Gasteiger partial charge < -0.3 is 4.43 Å². The van der Waals surface area contributed by atoms with Crippen molar-refractivity contribution in [2.45, 2.75) is 86.5 Å². The van der Waals surface area contributed by atoms with Gasteiger partial charge in [-0.25, -0.2) is 13.1 Å². The van der Waals surface area contributed by atoms with Gasteiger partial charge in [-0.15, -0.1) is 0 Å². The fourth-order valence-corrected chi connectivity index (χ4v) is 8.30. The minimum atomic E-state index is -4.33. The third-order valence-electron chi connectivity index (χ3n) is 7.75. The first-order chi connectivity index (χ1) is 20.6. The summed E-state index contributed by atoms with van der Waals surface area (Å²) in [6.45, 7) is 13.8. The van der Waals surface area contributed by atoms with Crippen molar-refractivity contribution in [1.29, 1.82) is 0 Å². The molecule has 45 heavy (non-hydrogen) atoms. The minimum absolute atomic E-state index is 0.0706. The Kier molecular flexibility index (Phi) is 11.6. The number of sulfonamides is 1.